The molecule has 3 rings (SSSR count). The minimum atomic E-state index is -1.20. The van der Waals surface area contributed by atoms with Crippen LogP contribution in [0.4, 0.5) is 0 Å². The molecule has 0 amide bonds. The molecule has 1 saturated heterocycles. The molecule has 116 valence electrons. The van der Waals surface area contributed by atoms with Crippen molar-refractivity contribution in [3.63, 3.8) is 0 Å². The average molecular weight is 409 g/mol. The summed E-state index contributed by atoms with van der Waals surface area (Å²) in [6.07, 6.45) is -1.28. The van der Waals surface area contributed by atoms with Gasteiger partial charge in [0.15, 0.2) is 17.4 Å². The second-order valence-electron chi connectivity index (χ2n) is 4.76. The van der Waals surface area contributed by atoms with Crippen LogP contribution in [0.2, 0.25) is 0 Å². The van der Waals surface area contributed by atoms with Crippen molar-refractivity contribution in [2.75, 3.05) is 6.61 Å². The number of ether oxygens (including phenoxy) is 1. The lowest BCUT2D eigenvalue weighted by atomic mass is 10.1. The Balaban J connectivity index is 0.00000161. The molecule has 1 aliphatic rings. The number of nitrogens with one attached hydrogen (secondary N) is 1. The average Bonchev–Trinajstić information content (AvgIpc) is 2.98. The summed E-state index contributed by atoms with van der Waals surface area (Å²) >= 11 is 0. The Hall–Kier alpha value is -1.08. The summed E-state index contributed by atoms with van der Waals surface area (Å²) < 4.78 is 8.39. The fraction of sp³-hybridized carbons (Fsp3) is 0.545. The van der Waals surface area contributed by atoms with Crippen LogP contribution in [0.25, 0.3) is 11.2 Å². The van der Waals surface area contributed by atoms with E-state index in [1.165, 1.54) is 21.8 Å². The summed E-state index contributed by atoms with van der Waals surface area (Å²) in [6.45, 7) is -0.395. The van der Waals surface area contributed by atoms with E-state index in [2.05, 4.69) is 9.97 Å². The van der Waals surface area contributed by atoms with Crippen LogP contribution in [0.5, 0.6) is 0 Å². The van der Waals surface area contributed by atoms with Gasteiger partial charge in [0.1, 0.15) is 23.8 Å². The third-order valence-electron chi connectivity index (χ3n) is 3.49. The highest BCUT2D eigenvalue weighted by Gasteiger charge is 2.43. The van der Waals surface area contributed by atoms with Gasteiger partial charge in [-0.05, 0) is 0 Å². The van der Waals surface area contributed by atoms with Crippen LogP contribution in [0.1, 0.15) is 6.23 Å². The van der Waals surface area contributed by atoms with Crippen molar-refractivity contribution >= 4 is 35.1 Å². The zero-order valence-corrected chi connectivity index (χ0v) is 13.4. The predicted molar refractivity (Wildman–Crippen MR) is 80.8 cm³/mol. The van der Waals surface area contributed by atoms with E-state index < -0.39 is 31.1 Å². The molecule has 9 nitrogen and oxygen atoms in total. The van der Waals surface area contributed by atoms with Gasteiger partial charge >= 0.3 is 0 Å². The Kier molecular flexibility index (Phi) is 4.63. The van der Waals surface area contributed by atoms with Crippen molar-refractivity contribution in [3.05, 3.63) is 18.1 Å². The highest BCUT2D eigenvalue weighted by molar-refractivity contribution is 14.0. The SMILES string of the molecule is Cn1cnc2c(ncn2C2OC(CO)C(O)C2O)c1=N.I. The van der Waals surface area contributed by atoms with Crippen molar-refractivity contribution in [1.29, 1.82) is 5.41 Å². The highest BCUT2D eigenvalue weighted by atomic mass is 127. The van der Waals surface area contributed by atoms with Gasteiger partial charge in [-0.3, -0.25) is 9.98 Å². The van der Waals surface area contributed by atoms with Crippen LogP contribution in [0.3, 0.4) is 0 Å². The van der Waals surface area contributed by atoms with Gasteiger partial charge in [0, 0.05) is 7.05 Å². The van der Waals surface area contributed by atoms with E-state index in [9.17, 15) is 10.2 Å². The lowest BCUT2D eigenvalue weighted by Crippen LogP contribution is -2.33. The number of imidazole rings is 1. The van der Waals surface area contributed by atoms with Crippen LogP contribution >= 0.6 is 24.0 Å². The van der Waals surface area contributed by atoms with E-state index in [0.717, 1.165) is 0 Å². The van der Waals surface area contributed by atoms with Gasteiger partial charge in [-0.15, -0.1) is 24.0 Å². The third kappa shape index (κ3) is 2.46. The molecule has 4 atom stereocenters. The molecule has 0 radical (unpaired) electrons. The van der Waals surface area contributed by atoms with Gasteiger partial charge in [-0.1, -0.05) is 0 Å². The Bertz CT molecular complexity index is 701. The normalized spacial score (nSPS) is 28.8. The van der Waals surface area contributed by atoms with Crippen LogP contribution in [0.15, 0.2) is 12.7 Å². The number of aliphatic hydroxyl groups excluding tert-OH is 3. The van der Waals surface area contributed by atoms with Crippen molar-refractivity contribution < 1.29 is 20.1 Å². The van der Waals surface area contributed by atoms with Crippen molar-refractivity contribution in [2.45, 2.75) is 24.5 Å². The minimum Gasteiger partial charge on any atom is -0.394 e. The van der Waals surface area contributed by atoms with Crippen molar-refractivity contribution in [2.24, 2.45) is 7.05 Å². The molecule has 4 unspecified atom stereocenters. The number of aromatic nitrogens is 4. The van der Waals surface area contributed by atoms with Gasteiger partial charge in [0.25, 0.3) is 0 Å². The van der Waals surface area contributed by atoms with Crippen LogP contribution in [-0.2, 0) is 11.8 Å². The lowest BCUT2D eigenvalue weighted by molar-refractivity contribution is -0.0511. The number of nitrogens with zero attached hydrogens (tertiary/aromatic N) is 4. The van der Waals surface area contributed by atoms with Gasteiger partial charge in [0.05, 0.1) is 19.3 Å². The van der Waals surface area contributed by atoms with E-state index in [1.54, 1.807) is 7.05 Å². The minimum absolute atomic E-state index is 0. The van der Waals surface area contributed by atoms with Gasteiger partial charge < -0.3 is 24.6 Å². The lowest BCUT2D eigenvalue weighted by Gasteiger charge is -2.16. The largest absolute Gasteiger partial charge is 0.394 e. The Morgan fingerprint density at radius 3 is 2.62 bits per heavy atom. The molecule has 21 heavy (non-hydrogen) atoms. The van der Waals surface area contributed by atoms with E-state index in [4.69, 9.17) is 15.3 Å². The topological polar surface area (TPSA) is 129 Å². The maximum Gasteiger partial charge on any atom is 0.167 e. The molecule has 1 aliphatic heterocycles. The molecule has 0 aromatic carbocycles. The molecular formula is C11H16IN5O4. The van der Waals surface area contributed by atoms with E-state index in [-0.39, 0.29) is 29.5 Å². The number of hydrogen-bond donors (Lipinski definition) is 4. The maximum absolute atomic E-state index is 10.00. The fourth-order valence-electron chi connectivity index (χ4n) is 2.31. The molecule has 2 aromatic rings. The zero-order valence-electron chi connectivity index (χ0n) is 11.1. The second kappa shape index (κ2) is 5.96. The number of halogens is 1. The molecule has 2 aromatic heterocycles. The predicted octanol–water partition coefficient (Wildman–Crippen LogP) is -1.52. The first-order chi connectivity index (χ1) is 9.54. The number of aryl methyl sites for hydroxylation is 1. The van der Waals surface area contributed by atoms with E-state index in [1.807, 2.05) is 0 Å². The van der Waals surface area contributed by atoms with Crippen LogP contribution < -0.4 is 5.49 Å². The Labute approximate surface area is 136 Å². The molecule has 0 aliphatic carbocycles. The van der Waals surface area contributed by atoms with Crippen LogP contribution in [0, 0.1) is 5.41 Å². The smallest absolute Gasteiger partial charge is 0.167 e. The summed E-state index contributed by atoms with van der Waals surface area (Å²) in [4.78, 5) is 8.26. The standard InChI is InChI=1S/C11H15N5O4.HI/c1-15-3-14-10-6(9(15)12)13-4-16(10)11-8(19)7(18)5(2-17)20-11;/h3-5,7-8,11-12,17-19H,2H2,1H3;1H. The van der Waals surface area contributed by atoms with Gasteiger partial charge in [0.2, 0.25) is 0 Å². The molecule has 0 bridgehead atoms. The summed E-state index contributed by atoms with van der Waals surface area (Å²) in [6, 6.07) is 0. The molecule has 0 saturated carbocycles. The number of aliphatic hydroxyl groups is 3. The molecule has 1 fully saturated rings. The number of hydrogen-bond acceptors (Lipinski definition) is 7. The summed E-state index contributed by atoms with van der Waals surface area (Å²) in [5, 5.41) is 36.8. The maximum atomic E-state index is 10.00. The van der Waals surface area contributed by atoms with Crippen molar-refractivity contribution in [1.82, 2.24) is 19.1 Å². The molecule has 3 heterocycles. The molecular weight excluding hydrogens is 393 g/mol. The second-order valence-corrected chi connectivity index (χ2v) is 4.76. The molecule has 0 spiro atoms. The number of rotatable bonds is 2. The molecule has 4 N–H and O–H groups in total. The van der Waals surface area contributed by atoms with Gasteiger partial charge in [-0.25, -0.2) is 9.97 Å². The zero-order chi connectivity index (χ0) is 14.4. The first-order valence-corrected chi connectivity index (χ1v) is 6.09. The van der Waals surface area contributed by atoms with E-state index >= 15 is 0 Å². The van der Waals surface area contributed by atoms with E-state index in [0.29, 0.717) is 11.2 Å². The van der Waals surface area contributed by atoms with Crippen LogP contribution in [-0.4, -0.2) is 59.3 Å². The first-order valence-electron chi connectivity index (χ1n) is 6.09. The first kappa shape index (κ1) is 16.3. The Morgan fingerprint density at radius 1 is 1.29 bits per heavy atom. The fourth-order valence-corrected chi connectivity index (χ4v) is 2.31. The highest BCUT2D eigenvalue weighted by Crippen LogP contribution is 2.30. The number of fused-ring (bicyclic) bond motifs is 1. The van der Waals surface area contributed by atoms with Crippen molar-refractivity contribution in [3.8, 4) is 0 Å². The summed E-state index contributed by atoms with van der Waals surface area (Å²) in [5.41, 5.74) is 0.927. The quantitative estimate of drug-likeness (QED) is 0.446. The third-order valence-corrected chi connectivity index (χ3v) is 3.49. The molecule has 10 heteroatoms. The summed E-state index contributed by atoms with van der Waals surface area (Å²) in [7, 11) is 1.68. The van der Waals surface area contributed by atoms with Gasteiger partial charge in [-0.2, -0.15) is 0 Å². The monoisotopic (exact) mass is 409 g/mol. The Morgan fingerprint density at radius 2 is 2.00 bits per heavy atom. The summed E-state index contributed by atoms with van der Waals surface area (Å²) in [5.74, 6) is 0.